The molecule has 3 heteroatoms. The summed E-state index contributed by atoms with van der Waals surface area (Å²) in [6.45, 7) is 9.23. The van der Waals surface area contributed by atoms with Gasteiger partial charge in [-0.25, -0.2) is 0 Å². The Hall–Kier alpha value is -0.120. The maximum absolute atomic E-state index is 6.18. The standard InChI is InChI=1S/C13H24N2O/c1-3-12(2)6-9-16-13(14-12)10-15-7-4-11(13)5-8-15/h11,14H,3-10H2,1-2H3. The second kappa shape index (κ2) is 3.69. The summed E-state index contributed by atoms with van der Waals surface area (Å²) < 4.78 is 6.18. The van der Waals surface area contributed by atoms with Crippen molar-refractivity contribution in [1.29, 1.82) is 0 Å². The van der Waals surface area contributed by atoms with Crippen molar-refractivity contribution < 1.29 is 4.74 Å². The first-order valence-electron chi connectivity index (χ1n) is 6.81. The predicted octanol–water partition coefficient (Wildman–Crippen LogP) is 1.59. The van der Waals surface area contributed by atoms with Crippen LogP contribution in [-0.2, 0) is 4.74 Å². The molecule has 4 aliphatic heterocycles. The molecule has 0 amide bonds. The zero-order valence-electron chi connectivity index (χ0n) is 10.6. The SMILES string of the molecule is CCC1(C)CCOC2(CN3CCC2CC3)N1. The Balaban J connectivity index is 1.82. The number of ether oxygens (including phenoxy) is 1. The number of nitrogens with zero attached hydrogens (tertiary/aromatic N) is 1. The Bertz CT molecular complexity index is 275. The van der Waals surface area contributed by atoms with E-state index in [1.54, 1.807) is 0 Å². The molecule has 0 saturated carbocycles. The zero-order chi connectivity index (χ0) is 11.2. The van der Waals surface area contributed by atoms with Crippen LogP contribution in [0.2, 0.25) is 0 Å². The van der Waals surface area contributed by atoms with Crippen molar-refractivity contribution in [3.63, 3.8) is 0 Å². The van der Waals surface area contributed by atoms with E-state index in [0.717, 1.165) is 25.5 Å². The molecule has 4 rings (SSSR count). The highest BCUT2D eigenvalue weighted by molar-refractivity contribution is 5.04. The number of fused-ring (bicyclic) bond motifs is 2. The van der Waals surface area contributed by atoms with Crippen LogP contribution in [0.15, 0.2) is 0 Å². The van der Waals surface area contributed by atoms with Crippen molar-refractivity contribution in [2.45, 2.75) is 50.8 Å². The molecule has 3 nitrogen and oxygen atoms in total. The molecule has 1 spiro atoms. The Morgan fingerprint density at radius 1 is 1.38 bits per heavy atom. The van der Waals surface area contributed by atoms with Gasteiger partial charge in [0.1, 0.15) is 5.72 Å². The number of rotatable bonds is 1. The smallest absolute Gasteiger partial charge is 0.135 e. The van der Waals surface area contributed by atoms with Crippen LogP contribution in [0, 0.1) is 5.92 Å². The molecule has 0 aromatic heterocycles. The van der Waals surface area contributed by atoms with Crippen molar-refractivity contribution in [2.75, 3.05) is 26.2 Å². The van der Waals surface area contributed by atoms with Crippen molar-refractivity contribution in [3.8, 4) is 0 Å². The molecule has 0 radical (unpaired) electrons. The van der Waals surface area contributed by atoms with Crippen LogP contribution < -0.4 is 5.32 Å². The van der Waals surface area contributed by atoms with Gasteiger partial charge in [0, 0.05) is 18.0 Å². The lowest BCUT2D eigenvalue weighted by molar-refractivity contribution is -0.209. The molecule has 0 aromatic carbocycles. The fourth-order valence-electron chi connectivity index (χ4n) is 3.66. The molecule has 92 valence electrons. The quantitative estimate of drug-likeness (QED) is 0.732. The van der Waals surface area contributed by atoms with Gasteiger partial charge < -0.3 is 4.74 Å². The highest BCUT2D eigenvalue weighted by Crippen LogP contribution is 2.40. The van der Waals surface area contributed by atoms with Crippen molar-refractivity contribution in [1.82, 2.24) is 10.2 Å². The lowest BCUT2D eigenvalue weighted by Gasteiger charge is -2.58. The van der Waals surface area contributed by atoms with E-state index < -0.39 is 0 Å². The van der Waals surface area contributed by atoms with Gasteiger partial charge in [0.2, 0.25) is 0 Å². The molecule has 0 aromatic rings. The maximum atomic E-state index is 6.18. The van der Waals surface area contributed by atoms with Gasteiger partial charge >= 0.3 is 0 Å². The molecule has 2 atom stereocenters. The molecular weight excluding hydrogens is 200 g/mol. The summed E-state index contributed by atoms with van der Waals surface area (Å²) in [6.07, 6.45) is 4.97. The summed E-state index contributed by atoms with van der Waals surface area (Å²) >= 11 is 0. The highest BCUT2D eigenvalue weighted by atomic mass is 16.5. The van der Waals surface area contributed by atoms with Gasteiger partial charge in [-0.2, -0.15) is 0 Å². The Morgan fingerprint density at radius 2 is 2.12 bits per heavy atom. The highest BCUT2D eigenvalue weighted by Gasteiger charge is 2.52. The van der Waals surface area contributed by atoms with Crippen LogP contribution in [0.1, 0.15) is 39.5 Å². The number of nitrogens with one attached hydrogen (secondary N) is 1. The van der Waals surface area contributed by atoms with E-state index in [4.69, 9.17) is 4.74 Å². The fraction of sp³-hybridized carbons (Fsp3) is 1.00. The van der Waals surface area contributed by atoms with Crippen LogP contribution in [-0.4, -0.2) is 42.4 Å². The Labute approximate surface area is 98.5 Å². The second-order valence-electron chi connectivity index (χ2n) is 6.08. The minimum Gasteiger partial charge on any atom is -0.359 e. The number of hydrogen-bond acceptors (Lipinski definition) is 3. The van der Waals surface area contributed by atoms with E-state index in [-0.39, 0.29) is 11.3 Å². The molecule has 0 aliphatic carbocycles. The molecule has 16 heavy (non-hydrogen) atoms. The average molecular weight is 224 g/mol. The lowest BCUT2D eigenvalue weighted by atomic mass is 9.77. The Morgan fingerprint density at radius 3 is 2.69 bits per heavy atom. The van der Waals surface area contributed by atoms with Crippen LogP contribution in [0.5, 0.6) is 0 Å². The molecular formula is C13H24N2O. The normalized spacial score (nSPS) is 52.1. The van der Waals surface area contributed by atoms with E-state index in [9.17, 15) is 0 Å². The lowest BCUT2D eigenvalue weighted by Crippen LogP contribution is -2.73. The fourth-order valence-corrected chi connectivity index (χ4v) is 3.66. The van der Waals surface area contributed by atoms with Crippen LogP contribution in [0.4, 0.5) is 0 Å². The monoisotopic (exact) mass is 224 g/mol. The van der Waals surface area contributed by atoms with Crippen LogP contribution in [0.3, 0.4) is 0 Å². The van der Waals surface area contributed by atoms with Gasteiger partial charge in [-0.15, -0.1) is 0 Å². The average Bonchev–Trinajstić information content (AvgIpc) is 2.30. The third-order valence-electron chi connectivity index (χ3n) is 5.01. The topological polar surface area (TPSA) is 24.5 Å². The molecule has 2 bridgehead atoms. The summed E-state index contributed by atoms with van der Waals surface area (Å²) in [5.41, 5.74) is 0.274. The molecule has 4 heterocycles. The van der Waals surface area contributed by atoms with E-state index >= 15 is 0 Å². The van der Waals surface area contributed by atoms with Crippen molar-refractivity contribution >= 4 is 0 Å². The number of piperidine rings is 3. The van der Waals surface area contributed by atoms with E-state index in [1.807, 2.05) is 0 Å². The van der Waals surface area contributed by atoms with Crippen LogP contribution in [0.25, 0.3) is 0 Å². The van der Waals surface area contributed by atoms with Gasteiger partial charge in [0.15, 0.2) is 0 Å². The molecule has 1 N–H and O–H groups in total. The first-order chi connectivity index (χ1) is 7.66. The Kier molecular flexibility index (Phi) is 2.54. The largest absolute Gasteiger partial charge is 0.359 e. The third-order valence-corrected chi connectivity index (χ3v) is 5.01. The summed E-state index contributed by atoms with van der Waals surface area (Å²) in [5, 5.41) is 3.86. The van der Waals surface area contributed by atoms with Crippen LogP contribution >= 0.6 is 0 Å². The van der Waals surface area contributed by atoms with E-state index in [1.165, 1.54) is 32.4 Å². The number of hydrogen-bond donors (Lipinski definition) is 1. The van der Waals surface area contributed by atoms with Gasteiger partial charge in [-0.05, 0) is 45.7 Å². The first kappa shape index (κ1) is 11.0. The van der Waals surface area contributed by atoms with Crippen molar-refractivity contribution in [2.24, 2.45) is 5.92 Å². The predicted molar refractivity (Wildman–Crippen MR) is 64.3 cm³/mol. The van der Waals surface area contributed by atoms with E-state index in [0.29, 0.717) is 0 Å². The van der Waals surface area contributed by atoms with Gasteiger partial charge in [0.25, 0.3) is 0 Å². The zero-order valence-corrected chi connectivity index (χ0v) is 10.6. The third kappa shape index (κ3) is 1.60. The maximum Gasteiger partial charge on any atom is 0.135 e. The van der Waals surface area contributed by atoms with Gasteiger partial charge in [0.05, 0.1) is 6.61 Å². The van der Waals surface area contributed by atoms with Gasteiger partial charge in [-0.3, -0.25) is 10.2 Å². The summed E-state index contributed by atoms with van der Waals surface area (Å²) in [5.74, 6) is 0.740. The first-order valence-corrected chi connectivity index (χ1v) is 6.81. The molecule has 4 aliphatic rings. The van der Waals surface area contributed by atoms with Gasteiger partial charge in [-0.1, -0.05) is 6.92 Å². The molecule has 4 saturated heterocycles. The minimum atomic E-state index is -0.0144. The molecule has 2 unspecified atom stereocenters. The van der Waals surface area contributed by atoms with Crippen molar-refractivity contribution in [3.05, 3.63) is 0 Å². The second-order valence-corrected chi connectivity index (χ2v) is 6.08. The summed E-state index contributed by atoms with van der Waals surface area (Å²) in [4.78, 5) is 2.56. The minimum absolute atomic E-state index is 0.0144. The van der Waals surface area contributed by atoms with E-state index in [2.05, 4.69) is 24.1 Å². The summed E-state index contributed by atoms with van der Waals surface area (Å²) in [7, 11) is 0. The molecule has 4 fully saturated rings. The summed E-state index contributed by atoms with van der Waals surface area (Å²) in [6, 6.07) is 0.